The maximum atomic E-state index is 13.5. The number of nitriles is 1. The third-order valence-electron chi connectivity index (χ3n) is 6.66. The Morgan fingerprint density at radius 3 is 2.28 bits per heavy atom. The number of benzene rings is 3. The van der Waals surface area contributed by atoms with E-state index in [9.17, 15) is 20.0 Å². The number of ether oxygens (including phenoxy) is 1. The summed E-state index contributed by atoms with van der Waals surface area (Å²) in [4.78, 5) is 28.3. The molecule has 0 spiro atoms. The fraction of sp³-hybridized carbons (Fsp3) is 0.233. The van der Waals surface area contributed by atoms with E-state index in [1.165, 1.54) is 4.90 Å². The number of carbonyl (C=O) groups excluding carboxylic acids is 2. The highest BCUT2D eigenvalue weighted by molar-refractivity contribution is 6.51. The van der Waals surface area contributed by atoms with Crippen LogP contribution in [0.25, 0.3) is 5.76 Å². The molecule has 0 aromatic heterocycles. The molecule has 1 atom stereocenters. The minimum absolute atomic E-state index is 0.0293. The highest BCUT2D eigenvalue weighted by atomic mass is 16.5. The summed E-state index contributed by atoms with van der Waals surface area (Å²) < 4.78 is 5.54. The number of aliphatic hydroxyl groups excluding tert-OH is 1. The summed E-state index contributed by atoms with van der Waals surface area (Å²) in [6.45, 7) is 7.78. The van der Waals surface area contributed by atoms with Crippen LogP contribution in [0.1, 0.15) is 59.2 Å². The minimum atomic E-state index is -0.830. The number of hydrogen-bond donors (Lipinski definition) is 1. The quantitative estimate of drug-likeness (QED) is 0.278. The highest BCUT2D eigenvalue weighted by Crippen LogP contribution is 2.44. The van der Waals surface area contributed by atoms with Crippen LogP contribution in [-0.4, -0.2) is 23.9 Å². The molecule has 182 valence electrons. The molecule has 3 aromatic carbocycles. The van der Waals surface area contributed by atoms with Crippen LogP contribution in [0, 0.1) is 25.2 Å². The van der Waals surface area contributed by atoms with Gasteiger partial charge in [-0.15, -0.1) is 0 Å². The van der Waals surface area contributed by atoms with Crippen LogP contribution in [0.5, 0.6) is 5.75 Å². The highest BCUT2D eigenvalue weighted by Gasteiger charge is 2.47. The second-order valence-electron chi connectivity index (χ2n) is 9.25. The molecule has 0 aliphatic carbocycles. The van der Waals surface area contributed by atoms with E-state index in [2.05, 4.69) is 6.07 Å². The SMILES string of the molecule is COc1cc(C)c(/C(O)=C2\C(=O)C(=O)N(c3ccc(C#N)cc3)C2c2ccccc2C)cc1C(C)C. The van der Waals surface area contributed by atoms with Gasteiger partial charge in [0.25, 0.3) is 11.7 Å². The summed E-state index contributed by atoms with van der Waals surface area (Å²) in [5.74, 6) is -0.899. The number of aryl methyl sites for hydroxylation is 2. The van der Waals surface area contributed by atoms with Crippen molar-refractivity contribution in [2.75, 3.05) is 12.0 Å². The van der Waals surface area contributed by atoms with E-state index in [0.717, 1.165) is 22.3 Å². The first-order valence-corrected chi connectivity index (χ1v) is 11.7. The Kier molecular flexibility index (Phi) is 6.67. The molecular weight excluding hydrogens is 452 g/mol. The summed E-state index contributed by atoms with van der Waals surface area (Å²) in [5, 5.41) is 20.8. The predicted octanol–water partition coefficient (Wildman–Crippen LogP) is 5.93. The number of anilines is 1. The Labute approximate surface area is 211 Å². The Bertz CT molecular complexity index is 1430. The van der Waals surface area contributed by atoms with Crippen LogP contribution in [0.4, 0.5) is 5.69 Å². The zero-order valence-electron chi connectivity index (χ0n) is 21.0. The van der Waals surface area contributed by atoms with Gasteiger partial charge in [0.2, 0.25) is 0 Å². The van der Waals surface area contributed by atoms with Crippen LogP contribution in [-0.2, 0) is 9.59 Å². The van der Waals surface area contributed by atoms with E-state index < -0.39 is 17.7 Å². The molecule has 0 saturated carbocycles. The Hall–Kier alpha value is -4.37. The lowest BCUT2D eigenvalue weighted by molar-refractivity contribution is -0.132. The van der Waals surface area contributed by atoms with Crippen molar-refractivity contribution in [1.82, 2.24) is 0 Å². The van der Waals surface area contributed by atoms with Crippen LogP contribution < -0.4 is 9.64 Å². The largest absolute Gasteiger partial charge is 0.507 e. The molecule has 1 unspecified atom stereocenters. The van der Waals surface area contributed by atoms with Gasteiger partial charge in [0.05, 0.1) is 30.4 Å². The van der Waals surface area contributed by atoms with Crippen molar-refractivity contribution in [2.24, 2.45) is 0 Å². The number of carbonyl (C=O) groups is 2. The van der Waals surface area contributed by atoms with Gasteiger partial charge in [-0.3, -0.25) is 14.5 Å². The summed E-state index contributed by atoms with van der Waals surface area (Å²) in [5.41, 5.74) is 4.65. The summed E-state index contributed by atoms with van der Waals surface area (Å²) >= 11 is 0. The summed E-state index contributed by atoms with van der Waals surface area (Å²) in [6.07, 6.45) is 0. The molecule has 1 N–H and O–H groups in total. The van der Waals surface area contributed by atoms with E-state index in [4.69, 9.17) is 4.74 Å². The van der Waals surface area contributed by atoms with Gasteiger partial charge in [-0.05, 0) is 78.4 Å². The number of amides is 1. The third-order valence-corrected chi connectivity index (χ3v) is 6.66. The van der Waals surface area contributed by atoms with Gasteiger partial charge in [-0.2, -0.15) is 5.26 Å². The number of methoxy groups -OCH3 is 1. The number of ketones is 1. The second kappa shape index (κ2) is 9.71. The van der Waals surface area contributed by atoms with Crippen LogP contribution in [0.15, 0.2) is 66.2 Å². The standard InChI is InChI=1S/C30H28N2O4/c1-17(2)23-15-24(19(4)14-25(23)36-5)28(33)26-27(22-9-7-6-8-18(22)3)32(30(35)29(26)34)21-12-10-20(16-31)11-13-21/h6-15,17,27,33H,1-5H3/b28-26+. The van der Waals surface area contributed by atoms with Gasteiger partial charge in [-0.25, -0.2) is 0 Å². The number of aliphatic hydroxyl groups is 1. The lowest BCUT2D eigenvalue weighted by Gasteiger charge is -2.27. The predicted molar refractivity (Wildman–Crippen MR) is 139 cm³/mol. The van der Waals surface area contributed by atoms with E-state index in [1.54, 1.807) is 31.4 Å². The van der Waals surface area contributed by atoms with Crippen molar-refractivity contribution in [2.45, 2.75) is 39.7 Å². The third kappa shape index (κ3) is 4.14. The zero-order valence-corrected chi connectivity index (χ0v) is 21.0. The first kappa shape index (κ1) is 24.7. The molecular formula is C30H28N2O4. The van der Waals surface area contributed by atoms with Gasteiger partial charge >= 0.3 is 0 Å². The first-order chi connectivity index (χ1) is 17.2. The number of hydrogen-bond acceptors (Lipinski definition) is 5. The fourth-order valence-electron chi connectivity index (χ4n) is 4.71. The van der Waals surface area contributed by atoms with Crippen LogP contribution in [0.3, 0.4) is 0 Å². The van der Waals surface area contributed by atoms with Crippen LogP contribution in [0.2, 0.25) is 0 Å². The van der Waals surface area contributed by atoms with Gasteiger partial charge in [0.15, 0.2) is 0 Å². The molecule has 3 aromatic rings. The van der Waals surface area contributed by atoms with Gasteiger partial charge in [0, 0.05) is 11.3 Å². The molecule has 36 heavy (non-hydrogen) atoms. The molecule has 1 aliphatic heterocycles. The maximum absolute atomic E-state index is 13.5. The average Bonchev–Trinajstić information content (AvgIpc) is 3.13. The molecule has 1 aliphatic rings. The summed E-state index contributed by atoms with van der Waals surface area (Å²) in [7, 11) is 1.60. The van der Waals surface area contributed by atoms with Gasteiger partial charge < -0.3 is 9.84 Å². The smallest absolute Gasteiger partial charge is 0.300 e. The monoisotopic (exact) mass is 480 g/mol. The van der Waals surface area contributed by atoms with Crippen molar-refractivity contribution in [3.63, 3.8) is 0 Å². The second-order valence-corrected chi connectivity index (χ2v) is 9.25. The number of rotatable bonds is 5. The van der Waals surface area contributed by atoms with Crippen molar-refractivity contribution < 1.29 is 19.4 Å². The molecule has 4 rings (SSSR count). The maximum Gasteiger partial charge on any atom is 0.300 e. The first-order valence-electron chi connectivity index (χ1n) is 11.7. The van der Waals surface area contributed by atoms with E-state index in [0.29, 0.717) is 22.6 Å². The normalized spacial score (nSPS) is 16.9. The lowest BCUT2D eigenvalue weighted by Crippen LogP contribution is -2.29. The molecule has 0 bridgehead atoms. The lowest BCUT2D eigenvalue weighted by atomic mass is 9.89. The molecule has 0 radical (unpaired) electrons. The van der Waals surface area contributed by atoms with E-state index >= 15 is 0 Å². The molecule has 1 heterocycles. The van der Waals surface area contributed by atoms with Gasteiger partial charge in [0.1, 0.15) is 11.5 Å². The van der Waals surface area contributed by atoms with Crippen molar-refractivity contribution in [1.29, 1.82) is 5.26 Å². The minimum Gasteiger partial charge on any atom is -0.507 e. The van der Waals surface area contributed by atoms with Crippen molar-refractivity contribution >= 4 is 23.1 Å². The molecule has 1 amide bonds. The zero-order chi connectivity index (χ0) is 26.1. The molecule has 6 heteroatoms. The fourth-order valence-corrected chi connectivity index (χ4v) is 4.71. The van der Waals surface area contributed by atoms with E-state index in [-0.39, 0.29) is 17.3 Å². The Balaban J connectivity index is 2.00. The molecule has 1 saturated heterocycles. The van der Waals surface area contributed by atoms with Crippen molar-refractivity contribution in [3.8, 4) is 11.8 Å². The Morgan fingerprint density at radius 2 is 1.69 bits per heavy atom. The Morgan fingerprint density at radius 1 is 1.03 bits per heavy atom. The van der Waals surface area contributed by atoms with E-state index in [1.807, 2.05) is 64.1 Å². The topological polar surface area (TPSA) is 90.6 Å². The van der Waals surface area contributed by atoms with Crippen molar-refractivity contribution in [3.05, 3.63) is 99.6 Å². The number of nitrogens with zero attached hydrogens (tertiary/aromatic N) is 2. The molecule has 1 fully saturated rings. The number of Topliss-reactive ketones (excluding diaryl/α,β-unsaturated/α-hetero) is 1. The summed E-state index contributed by atoms with van der Waals surface area (Å²) in [6, 6.07) is 18.9. The molecule has 6 nitrogen and oxygen atoms in total. The average molecular weight is 481 g/mol. The van der Waals surface area contributed by atoms with Gasteiger partial charge in [-0.1, -0.05) is 38.1 Å². The van der Waals surface area contributed by atoms with Crippen LogP contribution >= 0.6 is 0 Å².